The molecular formula is C28H32N2O6S. The van der Waals surface area contributed by atoms with Crippen molar-refractivity contribution in [2.75, 3.05) is 7.11 Å². The van der Waals surface area contributed by atoms with E-state index in [0.29, 0.717) is 16.7 Å². The van der Waals surface area contributed by atoms with Crippen LogP contribution in [0.15, 0.2) is 23.1 Å². The number of methoxy groups -OCH3 is 1. The summed E-state index contributed by atoms with van der Waals surface area (Å²) in [4.78, 5) is 42.5. The second kappa shape index (κ2) is 9.20. The minimum absolute atomic E-state index is 0.169. The Labute approximate surface area is 219 Å². The number of amides is 1. The maximum Gasteiger partial charge on any atom is 0.408 e. The Bertz CT molecular complexity index is 1460. The first-order valence-electron chi connectivity index (χ1n) is 12.6. The summed E-state index contributed by atoms with van der Waals surface area (Å²) in [5, 5.41) is 12.9. The molecule has 3 N–H and O–H groups in total. The third-order valence-electron chi connectivity index (χ3n) is 7.10. The number of fused-ring (bicyclic) bond motifs is 2. The summed E-state index contributed by atoms with van der Waals surface area (Å²) in [5.74, 6) is -0.191. The van der Waals surface area contributed by atoms with Crippen LogP contribution in [0.4, 0.5) is 4.79 Å². The molecule has 196 valence electrons. The van der Waals surface area contributed by atoms with Crippen molar-refractivity contribution < 1.29 is 24.2 Å². The van der Waals surface area contributed by atoms with Crippen LogP contribution in [0, 0.1) is 5.92 Å². The first kappa shape index (κ1) is 25.3. The number of ether oxygens (including phenoxy) is 2. The lowest BCUT2D eigenvalue weighted by atomic mass is 9.84. The number of benzene rings is 1. The number of hydrogen-bond acceptors (Lipinski definition) is 6. The Morgan fingerprint density at radius 2 is 1.89 bits per heavy atom. The van der Waals surface area contributed by atoms with Crippen molar-refractivity contribution in [1.82, 2.24) is 10.3 Å². The molecule has 5 rings (SSSR count). The molecule has 1 amide bonds. The van der Waals surface area contributed by atoms with Gasteiger partial charge >= 0.3 is 12.1 Å². The zero-order valence-electron chi connectivity index (χ0n) is 21.7. The number of alkyl carbamates (subject to hydrolysis) is 1. The van der Waals surface area contributed by atoms with Crippen LogP contribution in [-0.2, 0) is 11.2 Å². The quantitative estimate of drug-likeness (QED) is 0.377. The second-order valence-electron chi connectivity index (χ2n) is 11.0. The summed E-state index contributed by atoms with van der Waals surface area (Å²) in [7, 11) is 1.57. The van der Waals surface area contributed by atoms with E-state index < -0.39 is 23.1 Å². The van der Waals surface area contributed by atoms with E-state index in [1.54, 1.807) is 18.4 Å². The number of aromatic amines is 1. The molecule has 0 saturated heterocycles. The number of thiophene rings is 1. The van der Waals surface area contributed by atoms with E-state index in [2.05, 4.69) is 23.3 Å². The van der Waals surface area contributed by atoms with Gasteiger partial charge in [0.25, 0.3) is 0 Å². The average Bonchev–Trinajstić information content (AvgIpc) is 3.57. The number of aromatic carboxylic acids is 1. The number of carboxylic acid groups (broad SMARTS) is 1. The molecule has 37 heavy (non-hydrogen) atoms. The van der Waals surface area contributed by atoms with E-state index in [-0.39, 0.29) is 23.4 Å². The highest BCUT2D eigenvalue weighted by Crippen LogP contribution is 2.52. The third kappa shape index (κ3) is 4.72. The van der Waals surface area contributed by atoms with Crippen molar-refractivity contribution in [3.05, 3.63) is 50.1 Å². The number of carboxylic acids is 1. The smallest absolute Gasteiger partial charge is 0.408 e. The molecule has 0 bridgehead atoms. The largest absolute Gasteiger partial charge is 0.494 e. The molecule has 2 unspecified atom stereocenters. The highest BCUT2D eigenvalue weighted by Gasteiger charge is 2.35. The number of hydrogen-bond donors (Lipinski definition) is 3. The predicted octanol–water partition coefficient (Wildman–Crippen LogP) is 5.99. The van der Waals surface area contributed by atoms with Crippen LogP contribution in [0.25, 0.3) is 21.3 Å². The van der Waals surface area contributed by atoms with E-state index >= 15 is 0 Å². The lowest BCUT2D eigenvalue weighted by Crippen LogP contribution is -2.38. The Hall–Kier alpha value is -3.33. The van der Waals surface area contributed by atoms with Crippen molar-refractivity contribution in [2.45, 2.75) is 70.9 Å². The zero-order valence-corrected chi connectivity index (χ0v) is 22.5. The fourth-order valence-electron chi connectivity index (χ4n) is 5.20. The number of carbonyl (C=O) groups excluding carboxylic acids is 1. The van der Waals surface area contributed by atoms with Gasteiger partial charge in [0, 0.05) is 21.5 Å². The highest BCUT2D eigenvalue weighted by atomic mass is 32.1. The Kier molecular flexibility index (Phi) is 6.30. The molecule has 1 aromatic carbocycles. The minimum atomic E-state index is -1.26. The van der Waals surface area contributed by atoms with Crippen molar-refractivity contribution in [2.24, 2.45) is 5.92 Å². The van der Waals surface area contributed by atoms with Gasteiger partial charge in [-0.05, 0) is 81.5 Å². The zero-order chi connectivity index (χ0) is 26.6. The first-order valence-corrected chi connectivity index (χ1v) is 13.4. The van der Waals surface area contributed by atoms with Gasteiger partial charge < -0.3 is 24.9 Å². The van der Waals surface area contributed by atoms with Crippen molar-refractivity contribution in [3.8, 4) is 16.2 Å². The Balaban J connectivity index is 1.64. The summed E-state index contributed by atoms with van der Waals surface area (Å²) >= 11 is 1.69. The second-order valence-corrected chi connectivity index (χ2v) is 12.2. The highest BCUT2D eigenvalue weighted by molar-refractivity contribution is 7.15. The molecule has 1 fully saturated rings. The van der Waals surface area contributed by atoms with Crippen LogP contribution >= 0.6 is 11.3 Å². The molecular weight excluding hydrogens is 492 g/mol. The van der Waals surface area contributed by atoms with E-state index in [9.17, 15) is 19.5 Å². The van der Waals surface area contributed by atoms with Gasteiger partial charge in [-0.2, -0.15) is 0 Å². The van der Waals surface area contributed by atoms with Gasteiger partial charge in [0.05, 0.1) is 24.1 Å². The van der Waals surface area contributed by atoms with Gasteiger partial charge in [0.1, 0.15) is 11.2 Å². The van der Waals surface area contributed by atoms with E-state index in [1.807, 2.05) is 26.8 Å². The number of nitrogens with one attached hydrogen (secondary N) is 2. The molecule has 2 atom stereocenters. The van der Waals surface area contributed by atoms with Crippen LogP contribution in [0.1, 0.15) is 85.3 Å². The summed E-state index contributed by atoms with van der Waals surface area (Å²) in [6.07, 6.45) is 4.67. The van der Waals surface area contributed by atoms with E-state index in [0.717, 1.165) is 47.3 Å². The minimum Gasteiger partial charge on any atom is -0.494 e. The molecule has 2 aliphatic rings. The van der Waals surface area contributed by atoms with Gasteiger partial charge in [0.15, 0.2) is 5.75 Å². The lowest BCUT2D eigenvalue weighted by molar-refractivity contribution is 0.0482. The number of rotatable bonds is 5. The van der Waals surface area contributed by atoms with E-state index in [1.165, 1.54) is 11.1 Å². The molecule has 9 heteroatoms. The van der Waals surface area contributed by atoms with Gasteiger partial charge in [0.2, 0.25) is 5.43 Å². The summed E-state index contributed by atoms with van der Waals surface area (Å²) < 4.78 is 11.4. The summed E-state index contributed by atoms with van der Waals surface area (Å²) in [5.41, 5.74) is 2.11. The standard InChI is InChI=1S/C28H32N2O6S/c1-13-6-9-19-16(22(13)30-27(34)36-28(2,3)4)11-20(37-19)21-15(14-7-8-14)10-17-23(25(21)35-5)29-12-18(24(17)31)26(32)33/h10-14,22H,6-9H2,1-5H3,(H,29,31)(H,30,34)(H,32,33). The van der Waals surface area contributed by atoms with Gasteiger partial charge in [-0.25, -0.2) is 9.59 Å². The monoisotopic (exact) mass is 524 g/mol. The van der Waals surface area contributed by atoms with Crippen LogP contribution in [0.5, 0.6) is 5.75 Å². The molecule has 0 spiro atoms. The van der Waals surface area contributed by atoms with Crippen molar-refractivity contribution >= 4 is 34.3 Å². The lowest BCUT2D eigenvalue weighted by Gasteiger charge is -2.31. The Morgan fingerprint density at radius 1 is 1.16 bits per heavy atom. The van der Waals surface area contributed by atoms with E-state index in [4.69, 9.17) is 9.47 Å². The van der Waals surface area contributed by atoms with Crippen molar-refractivity contribution in [3.63, 3.8) is 0 Å². The molecule has 0 radical (unpaired) electrons. The molecule has 2 aliphatic carbocycles. The van der Waals surface area contributed by atoms with Gasteiger partial charge in [-0.15, -0.1) is 11.3 Å². The maximum absolute atomic E-state index is 13.0. The van der Waals surface area contributed by atoms with Crippen LogP contribution < -0.4 is 15.5 Å². The molecule has 1 saturated carbocycles. The number of pyridine rings is 1. The number of aryl methyl sites for hydroxylation is 1. The molecule has 2 heterocycles. The SMILES string of the molecule is COc1c(-c2cc3c(s2)CCC(C)C3NC(=O)OC(C)(C)C)c(C2CC2)cc2c(=O)c(C(=O)O)c[nH]c12. The third-order valence-corrected chi connectivity index (χ3v) is 8.33. The molecule has 8 nitrogen and oxygen atoms in total. The van der Waals surface area contributed by atoms with Gasteiger partial charge in [-0.3, -0.25) is 4.79 Å². The Morgan fingerprint density at radius 3 is 2.51 bits per heavy atom. The summed E-state index contributed by atoms with van der Waals surface area (Å²) in [6, 6.07) is 3.81. The van der Waals surface area contributed by atoms with Crippen molar-refractivity contribution in [1.29, 1.82) is 0 Å². The average molecular weight is 525 g/mol. The van der Waals surface area contributed by atoms with Gasteiger partial charge in [-0.1, -0.05) is 6.92 Å². The normalized spacial score (nSPS) is 19.4. The number of H-pyrrole nitrogens is 1. The molecule has 3 aromatic rings. The summed E-state index contributed by atoms with van der Waals surface area (Å²) in [6.45, 7) is 7.68. The van der Waals surface area contributed by atoms with Crippen LogP contribution in [-0.4, -0.2) is 34.9 Å². The fraction of sp³-hybridized carbons (Fsp3) is 0.464. The molecule has 0 aliphatic heterocycles. The van der Waals surface area contributed by atoms with Crippen LogP contribution in [0.2, 0.25) is 0 Å². The van der Waals surface area contributed by atoms with Crippen LogP contribution in [0.3, 0.4) is 0 Å². The number of aromatic nitrogens is 1. The number of carbonyl (C=O) groups is 2. The first-order chi connectivity index (χ1) is 17.5. The topological polar surface area (TPSA) is 118 Å². The fourth-order valence-corrected chi connectivity index (χ4v) is 6.49. The molecule has 2 aromatic heterocycles. The predicted molar refractivity (Wildman–Crippen MR) is 143 cm³/mol. The maximum atomic E-state index is 13.0.